The zero-order valence-corrected chi connectivity index (χ0v) is 20.1. The number of unbranched alkanes of at least 4 members (excludes halogenated alkanes) is 11. The fraction of sp³-hybridized carbons (Fsp3) is 0.538. The molecule has 0 saturated carbocycles. The minimum Gasteiger partial charge on any atom is -0.506 e. The molecule has 0 aliphatic rings. The monoisotopic (exact) mass is 462 g/mol. The van der Waals surface area contributed by atoms with Gasteiger partial charge in [-0.1, -0.05) is 95.8 Å². The van der Waals surface area contributed by atoms with Gasteiger partial charge in [-0.2, -0.15) is 8.42 Å². The van der Waals surface area contributed by atoms with E-state index in [2.05, 4.69) is 6.92 Å². The molecule has 0 aliphatic carbocycles. The summed E-state index contributed by atoms with van der Waals surface area (Å²) in [6.07, 6.45) is 15.1. The van der Waals surface area contributed by atoms with Gasteiger partial charge < -0.3 is 9.84 Å². The zero-order valence-electron chi connectivity index (χ0n) is 19.3. The number of hydrogen-bond acceptors (Lipinski definition) is 4. The van der Waals surface area contributed by atoms with E-state index < -0.39 is 20.8 Å². The van der Waals surface area contributed by atoms with Gasteiger partial charge in [-0.15, -0.1) is 0 Å². The Hall–Kier alpha value is -2.05. The topological polar surface area (TPSA) is 83.8 Å². The SMILES string of the molecule is CCCCCCCCCCCCCCc1c(Oc2ccccc2)ccc(S(=O)(=O)O)c1O. The quantitative estimate of drug-likeness (QED) is 0.197. The Morgan fingerprint density at radius 3 is 1.81 bits per heavy atom. The van der Waals surface area contributed by atoms with E-state index >= 15 is 0 Å². The minimum absolute atomic E-state index is 0.407. The summed E-state index contributed by atoms with van der Waals surface area (Å²) in [6.45, 7) is 2.24. The van der Waals surface area contributed by atoms with Gasteiger partial charge >= 0.3 is 0 Å². The van der Waals surface area contributed by atoms with Crippen LogP contribution in [-0.2, 0) is 16.5 Å². The molecule has 6 heteroatoms. The predicted molar refractivity (Wildman–Crippen MR) is 129 cm³/mol. The second-order valence-corrected chi connectivity index (χ2v) is 9.81. The molecule has 0 radical (unpaired) electrons. The number of phenolic OH excluding ortho intramolecular Hbond substituents is 1. The lowest BCUT2D eigenvalue weighted by Gasteiger charge is -2.15. The molecule has 2 N–H and O–H groups in total. The Bertz CT molecular complexity index is 894. The van der Waals surface area contributed by atoms with Gasteiger partial charge in [0.2, 0.25) is 0 Å². The third-order valence-electron chi connectivity index (χ3n) is 5.73. The summed E-state index contributed by atoms with van der Waals surface area (Å²) in [6, 6.07) is 11.8. The van der Waals surface area contributed by atoms with E-state index in [-0.39, 0.29) is 0 Å². The molecule has 2 rings (SSSR count). The molecule has 0 amide bonds. The van der Waals surface area contributed by atoms with Crippen LogP contribution in [0.3, 0.4) is 0 Å². The fourth-order valence-corrected chi connectivity index (χ4v) is 4.51. The third kappa shape index (κ3) is 9.21. The van der Waals surface area contributed by atoms with E-state index in [0.717, 1.165) is 19.3 Å². The molecule has 178 valence electrons. The number of aromatic hydroxyl groups is 1. The molecule has 32 heavy (non-hydrogen) atoms. The van der Waals surface area contributed by atoms with Gasteiger partial charge in [-0.05, 0) is 37.1 Å². The summed E-state index contributed by atoms with van der Waals surface area (Å²) >= 11 is 0. The number of benzene rings is 2. The molecule has 2 aromatic rings. The van der Waals surface area contributed by atoms with Crippen LogP contribution in [0, 0.1) is 0 Å². The molecule has 0 aromatic heterocycles. The molecule has 0 saturated heterocycles. The van der Waals surface area contributed by atoms with Gasteiger partial charge in [0.05, 0.1) is 0 Å². The summed E-state index contributed by atoms with van der Waals surface area (Å²) in [5, 5.41) is 10.5. The van der Waals surface area contributed by atoms with Gasteiger partial charge in [-0.25, -0.2) is 0 Å². The van der Waals surface area contributed by atoms with Crippen LogP contribution in [0.2, 0.25) is 0 Å². The molecule has 5 nitrogen and oxygen atoms in total. The van der Waals surface area contributed by atoms with Crippen molar-refractivity contribution in [3.05, 3.63) is 48.0 Å². The van der Waals surface area contributed by atoms with Crippen LogP contribution in [-0.4, -0.2) is 18.1 Å². The minimum atomic E-state index is -4.51. The van der Waals surface area contributed by atoms with E-state index in [4.69, 9.17) is 4.74 Å². The maximum atomic E-state index is 11.6. The Morgan fingerprint density at radius 2 is 1.28 bits per heavy atom. The van der Waals surface area contributed by atoms with Crippen molar-refractivity contribution >= 4 is 10.1 Å². The van der Waals surface area contributed by atoms with Crippen LogP contribution in [0.15, 0.2) is 47.4 Å². The highest BCUT2D eigenvalue weighted by Crippen LogP contribution is 2.37. The van der Waals surface area contributed by atoms with Crippen molar-refractivity contribution in [1.82, 2.24) is 0 Å². The largest absolute Gasteiger partial charge is 0.506 e. The van der Waals surface area contributed by atoms with Crippen molar-refractivity contribution in [2.24, 2.45) is 0 Å². The van der Waals surface area contributed by atoms with Crippen LogP contribution in [0.1, 0.15) is 89.5 Å². The van der Waals surface area contributed by atoms with Crippen molar-refractivity contribution in [1.29, 1.82) is 0 Å². The lowest BCUT2D eigenvalue weighted by Crippen LogP contribution is -2.02. The molecule has 0 fully saturated rings. The lowest BCUT2D eigenvalue weighted by atomic mass is 10.0. The standard InChI is InChI=1S/C26H38O5S/c1-2-3-4-5-6-7-8-9-10-11-12-16-19-23-24(31-22-17-14-13-15-18-22)20-21-25(26(23)27)32(28,29)30/h13-15,17-18,20-21,27H,2-12,16,19H2,1H3,(H,28,29,30). The van der Waals surface area contributed by atoms with Crippen molar-refractivity contribution in [3.8, 4) is 17.2 Å². The molecule has 2 aromatic carbocycles. The molecule has 0 heterocycles. The molecule has 0 spiro atoms. The van der Waals surface area contributed by atoms with Crippen molar-refractivity contribution < 1.29 is 22.8 Å². The Labute approximate surface area is 193 Å². The highest BCUT2D eigenvalue weighted by molar-refractivity contribution is 7.86. The van der Waals surface area contributed by atoms with Gasteiger partial charge in [0.25, 0.3) is 10.1 Å². The molecule has 0 bridgehead atoms. The van der Waals surface area contributed by atoms with E-state index in [1.807, 2.05) is 18.2 Å². The maximum Gasteiger partial charge on any atom is 0.298 e. The lowest BCUT2D eigenvalue weighted by molar-refractivity contribution is 0.421. The molecule has 0 atom stereocenters. The van der Waals surface area contributed by atoms with Crippen LogP contribution < -0.4 is 4.74 Å². The number of para-hydroxylation sites is 1. The smallest absolute Gasteiger partial charge is 0.298 e. The van der Waals surface area contributed by atoms with Crippen LogP contribution >= 0.6 is 0 Å². The van der Waals surface area contributed by atoms with Gasteiger partial charge in [0, 0.05) is 5.56 Å². The predicted octanol–water partition coefficient (Wildman–Crippen LogP) is 7.67. The first kappa shape index (κ1) is 26.2. The van der Waals surface area contributed by atoms with Crippen LogP contribution in [0.4, 0.5) is 0 Å². The Kier molecular flexibility index (Phi) is 11.6. The molecule has 0 aliphatic heterocycles. The van der Waals surface area contributed by atoms with Crippen molar-refractivity contribution in [2.45, 2.75) is 95.3 Å². The first-order chi connectivity index (χ1) is 15.4. The van der Waals surface area contributed by atoms with Gasteiger partial charge in [0.15, 0.2) is 0 Å². The van der Waals surface area contributed by atoms with E-state index in [1.165, 1.54) is 69.9 Å². The summed E-state index contributed by atoms with van der Waals surface area (Å²) in [5.74, 6) is 0.579. The second-order valence-electron chi connectivity index (χ2n) is 8.42. The normalized spacial score (nSPS) is 11.6. The first-order valence-corrected chi connectivity index (χ1v) is 13.4. The van der Waals surface area contributed by atoms with Gasteiger partial charge in [-0.3, -0.25) is 4.55 Å². The summed E-state index contributed by atoms with van der Waals surface area (Å²) in [5.41, 5.74) is 0.413. The molecule has 0 unspecified atom stereocenters. The van der Waals surface area contributed by atoms with E-state index in [1.54, 1.807) is 12.1 Å². The summed E-state index contributed by atoms with van der Waals surface area (Å²) < 4.78 is 38.5. The highest BCUT2D eigenvalue weighted by Gasteiger charge is 2.21. The van der Waals surface area contributed by atoms with Crippen LogP contribution in [0.5, 0.6) is 17.2 Å². The fourth-order valence-electron chi connectivity index (χ4n) is 3.90. The highest BCUT2D eigenvalue weighted by atomic mass is 32.2. The van der Waals surface area contributed by atoms with E-state index in [0.29, 0.717) is 23.5 Å². The average molecular weight is 463 g/mol. The number of phenols is 1. The summed E-state index contributed by atoms with van der Waals surface area (Å²) in [4.78, 5) is -0.480. The number of ether oxygens (including phenoxy) is 1. The molecular formula is C26H38O5S. The number of rotatable bonds is 16. The third-order valence-corrected chi connectivity index (χ3v) is 6.62. The Balaban J connectivity index is 1.84. The zero-order chi connectivity index (χ0) is 23.2. The Morgan fingerprint density at radius 1 is 0.750 bits per heavy atom. The van der Waals surface area contributed by atoms with Crippen LogP contribution in [0.25, 0.3) is 0 Å². The van der Waals surface area contributed by atoms with Crippen molar-refractivity contribution in [3.63, 3.8) is 0 Å². The van der Waals surface area contributed by atoms with Gasteiger partial charge in [0.1, 0.15) is 22.1 Å². The summed E-state index contributed by atoms with van der Waals surface area (Å²) in [7, 11) is -4.51. The second kappa shape index (κ2) is 14.2. The maximum absolute atomic E-state index is 11.6. The van der Waals surface area contributed by atoms with Crippen molar-refractivity contribution in [2.75, 3.05) is 0 Å². The molecular weight excluding hydrogens is 424 g/mol. The first-order valence-electron chi connectivity index (χ1n) is 12.0. The number of hydrogen-bond donors (Lipinski definition) is 2. The van der Waals surface area contributed by atoms with E-state index in [9.17, 15) is 18.1 Å². The average Bonchev–Trinajstić information content (AvgIpc) is 2.76.